The monoisotopic (exact) mass is 393 g/mol. The van der Waals surface area contributed by atoms with E-state index in [2.05, 4.69) is 79.8 Å². The fourth-order valence-electron chi connectivity index (χ4n) is 2.86. The van der Waals surface area contributed by atoms with E-state index in [9.17, 15) is 0 Å². The topological polar surface area (TPSA) is 56.5 Å². The van der Waals surface area contributed by atoms with Gasteiger partial charge in [-0.1, -0.05) is 70.8 Å². The van der Waals surface area contributed by atoms with Gasteiger partial charge in [-0.15, -0.1) is 15.3 Å². The highest BCUT2D eigenvalue weighted by Gasteiger charge is 2.12. The number of rotatable bonds is 7. The van der Waals surface area contributed by atoms with Gasteiger partial charge in [0.15, 0.2) is 5.16 Å². The minimum absolute atomic E-state index is 0.804. The zero-order valence-corrected chi connectivity index (χ0v) is 16.6. The van der Waals surface area contributed by atoms with Crippen LogP contribution < -0.4 is 0 Å². The lowest BCUT2D eigenvalue weighted by atomic mass is 10.1. The molecule has 0 aliphatic heterocycles. The minimum Gasteiger partial charge on any atom is -0.306 e. The van der Waals surface area contributed by atoms with E-state index >= 15 is 0 Å². The first-order chi connectivity index (χ1) is 13.3. The van der Waals surface area contributed by atoms with Gasteiger partial charge in [0.2, 0.25) is 0 Å². The summed E-state index contributed by atoms with van der Waals surface area (Å²) in [5, 5.41) is 15.9. The van der Waals surface area contributed by atoms with E-state index in [-0.39, 0.29) is 0 Å². The standard InChI is InChI=1S/C20H19N5S2/c1-2-25-19(12-15-6-4-3-5-7-15)22-23-20(25)26-13-16-8-10-17(11-9-16)18-14-27-24-21-18/h3-11,14H,2,12-13H2,1H3. The highest BCUT2D eigenvalue weighted by Crippen LogP contribution is 2.25. The maximum Gasteiger partial charge on any atom is 0.191 e. The van der Waals surface area contributed by atoms with Gasteiger partial charge >= 0.3 is 0 Å². The largest absolute Gasteiger partial charge is 0.306 e. The van der Waals surface area contributed by atoms with E-state index in [4.69, 9.17) is 0 Å². The van der Waals surface area contributed by atoms with Crippen molar-refractivity contribution < 1.29 is 0 Å². The Morgan fingerprint density at radius 2 is 1.74 bits per heavy atom. The SMILES string of the molecule is CCn1c(Cc2ccccc2)nnc1SCc1ccc(-c2csnn2)cc1. The minimum atomic E-state index is 0.804. The van der Waals surface area contributed by atoms with Crippen LogP contribution >= 0.6 is 23.3 Å². The first-order valence-corrected chi connectivity index (χ1v) is 10.6. The molecule has 0 spiro atoms. The van der Waals surface area contributed by atoms with Crippen LogP contribution in [-0.2, 0) is 18.7 Å². The average Bonchev–Trinajstić information content (AvgIpc) is 3.38. The summed E-state index contributed by atoms with van der Waals surface area (Å²) in [6.07, 6.45) is 0.804. The van der Waals surface area contributed by atoms with Gasteiger partial charge in [0.1, 0.15) is 11.5 Å². The molecule has 0 aliphatic carbocycles. The van der Waals surface area contributed by atoms with E-state index < -0.39 is 0 Å². The second-order valence-corrected chi connectivity index (χ2v) is 7.63. The zero-order chi connectivity index (χ0) is 18.5. The van der Waals surface area contributed by atoms with Gasteiger partial charge in [-0.2, -0.15) is 0 Å². The molecule has 0 bridgehead atoms. The summed E-state index contributed by atoms with van der Waals surface area (Å²) in [5.74, 6) is 1.87. The van der Waals surface area contributed by atoms with Crippen LogP contribution in [0, 0.1) is 0 Å². The van der Waals surface area contributed by atoms with E-state index in [1.165, 1.54) is 22.7 Å². The first kappa shape index (κ1) is 17.9. The highest BCUT2D eigenvalue weighted by atomic mass is 32.2. The van der Waals surface area contributed by atoms with Crippen molar-refractivity contribution in [2.45, 2.75) is 30.8 Å². The summed E-state index contributed by atoms with van der Waals surface area (Å²) in [5.41, 5.74) is 4.53. The number of thioether (sulfide) groups is 1. The van der Waals surface area contributed by atoms with Crippen molar-refractivity contribution in [3.8, 4) is 11.3 Å². The molecule has 2 aromatic heterocycles. The lowest BCUT2D eigenvalue weighted by molar-refractivity contribution is 0.651. The number of aromatic nitrogens is 5. The van der Waals surface area contributed by atoms with Crippen LogP contribution in [0.3, 0.4) is 0 Å². The van der Waals surface area contributed by atoms with Crippen molar-refractivity contribution in [2.75, 3.05) is 0 Å². The molecule has 0 saturated carbocycles. The third kappa shape index (κ3) is 4.26. The molecule has 4 aromatic rings. The fraction of sp³-hybridized carbons (Fsp3) is 0.200. The molecule has 0 N–H and O–H groups in total. The van der Waals surface area contributed by atoms with Crippen molar-refractivity contribution in [1.29, 1.82) is 0 Å². The lowest BCUT2D eigenvalue weighted by Crippen LogP contribution is -2.04. The average molecular weight is 394 g/mol. The summed E-state index contributed by atoms with van der Waals surface area (Å²) in [4.78, 5) is 0. The van der Waals surface area contributed by atoms with Gasteiger partial charge in [-0.3, -0.25) is 0 Å². The van der Waals surface area contributed by atoms with Crippen molar-refractivity contribution in [1.82, 2.24) is 24.4 Å². The first-order valence-electron chi connectivity index (χ1n) is 8.78. The molecule has 5 nitrogen and oxygen atoms in total. The van der Waals surface area contributed by atoms with Gasteiger partial charge in [0.25, 0.3) is 0 Å². The quantitative estimate of drug-likeness (QED) is 0.426. The Kier molecular flexibility index (Phi) is 5.60. The second-order valence-electron chi connectivity index (χ2n) is 6.08. The molecule has 7 heteroatoms. The summed E-state index contributed by atoms with van der Waals surface area (Å²) in [6.45, 7) is 3.01. The van der Waals surface area contributed by atoms with Crippen LogP contribution in [0.2, 0.25) is 0 Å². The second kappa shape index (κ2) is 8.45. The van der Waals surface area contributed by atoms with Crippen molar-refractivity contribution >= 4 is 23.3 Å². The molecule has 0 amide bonds. The van der Waals surface area contributed by atoms with E-state index in [0.717, 1.165) is 41.0 Å². The molecule has 2 aromatic carbocycles. The third-order valence-corrected chi connectivity index (χ3v) is 5.83. The van der Waals surface area contributed by atoms with Crippen LogP contribution in [0.15, 0.2) is 65.1 Å². The Labute approximate surface area is 166 Å². The molecule has 0 unspecified atom stereocenters. The Bertz CT molecular complexity index is 979. The van der Waals surface area contributed by atoms with Gasteiger partial charge in [-0.05, 0) is 29.6 Å². The van der Waals surface area contributed by atoms with Gasteiger partial charge in [0.05, 0.1) is 0 Å². The Hall–Kier alpha value is -2.51. The number of nitrogens with zero attached hydrogens (tertiary/aromatic N) is 5. The lowest BCUT2D eigenvalue weighted by Gasteiger charge is -2.07. The zero-order valence-electron chi connectivity index (χ0n) is 14.9. The van der Waals surface area contributed by atoms with Gasteiger partial charge < -0.3 is 4.57 Å². The molecule has 136 valence electrons. The third-order valence-electron chi connectivity index (χ3n) is 4.29. The van der Waals surface area contributed by atoms with Crippen LogP contribution in [0.25, 0.3) is 11.3 Å². The maximum atomic E-state index is 4.42. The normalized spacial score (nSPS) is 11.0. The van der Waals surface area contributed by atoms with Crippen molar-refractivity contribution in [2.24, 2.45) is 0 Å². The number of hydrogen-bond acceptors (Lipinski definition) is 6. The molecular formula is C20H19N5S2. The predicted octanol–water partition coefficient (Wildman–Crippen LogP) is 4.70. The van der Waals surface area contributed by atoms with E-state index in [1.807, 2.05) is 11.4 Å². The molecule has 0 saturated heterocycles. The summed E-state index contributed by atoms with van der Waals surface area (Å²) in [7, 11) is 0. The van der Waals surface area contributed by atoms with Crippen LogP contribution in [0.1, 0.15) is 23.9 Å². The highest BCUT2D eigenvalue weighted by molar-refractivity contribution is 7.98. The molecule has 0 aliphatic rings. The summed E-state index contributed by atoms with van der Waals surface area (Å²) < 4.78 is 6.12. The Morgan fingerprint density at radius 3 is 2.44 bits per heavy atom. The summed E-state index contributed by atoms with van der Waals surface area (Å²) in [6, 6.07) is 18.9. The molecule has 27 heavy (non-hydrogen) atoms. The van der Waals surface area contributed by atoms with E-state index in [0.29, 0.717) is 0 Å². The van der Waals surface area contributed by atoms with Gasteiger partial charge in [0, 0.05) is 29.7 Å². The Balaban J connectivity index is 1.43. The maximum absolute atomic E-state index is 4.42. The van der Waals surface area contributed by atoms with E-state index in [1.54, 1.807) is 11.8 Å². The fourth-order valence-corrected chi connectivity index (χ4v) is 4.31. The number of benzene rings is 2. The smallest absolute Gasteiger partial charge is 0.191 e. The van der Waals surface area contributed by atoms with Crippen molar-refractivity contribution in [3.63, 3.8) is 0 Å². The van der Waals surface area contributed by atoms with Crippen LogP contribution in [-0.4, -0.2) is 24.4 Å². The number of hydrogen-bond donors (Lipinski definition) is 0. The predicted molar refractivity (Wildman–Crippen MR) is 110 cm³/mol. The van der Waals surface area contributed by atoms with Crippen LogP contribution in [0.4, 0.5) is 0 Å². The molecule has 4 rings (SSSR count). The van der Waals surface area contributed by atoms with Gasteiger partial charge in [-0.25, -0.2) is 0 Å². The molecule has 0 fully saturated rings. The summed E-state index contributed by atoms with van der Waals surface area (Å²) >= 11 is 3.09. The molecular weight excluding hydrogens is 374 g/mol. The van der Waals surface area contributed by atoms with Crippen LogP contribution in [0.5, 0.6) is 0 Å². The Morgan fingerprint density at radius 1 is 0.926 bits per heavy atom. The molecule has 2 heterocycles. The van der Waals surface area contributed by atoms with Crippen molar-refractivity contribution in [3.05, 3.63) is 76.9 Å². The molecule has 0 atom stereocenters. The molecule has 0 radical (unpaired) electrons.